The van der Waals surface area contributed by atoms with Crippen molar-refractivity contribution < 1.29 is 183 Å². The Morgan fingerprint density at radius 1 is 0.429 bits per heavy atom. The number of unbranched alkanes of at least 4 members (excludes halogenated alkanes) is 29. The molecule has 0 aromatic carbocycles. The number of carboxylic acids is 3. The lowest BCUT2D eigenvalue weighted by atomic mass is 9.86. The predicted octanol–water partition coefficient (Wildman–Crippen LogP) is -0.927. The molecule has 0 bridgehead atoms. The van der Waals surface area contributed by atoms with Crippen LogP contribution in [0.25, 0.3) is 0 Å². The zero-order valence-electron chi connectivity index (χ0n) is 73.6. The number of allylic oxidation sites excluding steroid dienone is 1. The molecule has 41 heteroatoms. The molecule has 41 nitrogen and oxygen atoms in total. The number of amides is 4. The lowest BCUT2D eigenvalue weighted by Crippen LogP contribution is -2.72. The van der Waals surface area contributed by atoms with Gasteiger partial charge in [-0.1, -0.05) is 206 Å². The van der Waals surface area contributed by atoms with Gasteiger partial charge in [-0.15, -0.1) is 0 Å². The van der Waals surface area contributed by atoms with Crippen LogP contribution in [0.5, 0.6) is 0 Å². The Bertz CT molecular complexity index is 3180. The molecule has 0 spiro atoms. The van der Waals surface area contributed by atoms with E-state index in [1.807, 2.05) is 0 Å². The number of hydrogen-bond acceptors (Lipinski definition) is 34. The SMILES string of the molecule is CCCCCCCCCCCCCC=CC(O)C(COC1OC(CO)C(OC2OC(CO)C(O)C(OC3(C(=O)O)CC(O)C(NC(C)=O)C(C(O)C(CO)OC4(C(=O)O)CC(O)C(NC(C)=O)C(C(O)C(CO)OC5(C(=O)O)CC(O)C(NC(C)=O)C(C(O)C(O)CO)O5)O4)O3)C2O)C(O)C1O)NC(=O)CCCCCCCCCCCCCCCCCCCCC. The zero-order chi connectivity index (χ0) is 93.4. The van der Waals surface area contributed by atoms with E-state index in [4.69, 9.17) is 47.4 Å². The third-order valence-electron chi connectivity index (χ3n) is 24.0. The Kier molecular flexibility index (Phi) is 50.8. The standard InChI is InChI=1S/C85H150N4O37/c1-6-8-10-12-14-16-18-20-21-22-23-24-25-27-29-31-33-35-37-39-62(103)89-52(53(98)38-36-34-32-30-28-26-19-17-15-13-11-9-7-2)48-117-78-71(109)70(108)73(61(47-94)119-78)120-79-72(110)77(67(105)58(44-91)118-79)126-85(82(115)116)42-56(101)65(88-51(5)97)76(125-85)69(107)60(46-93)122-84(81(113)114)41-55(100)64(87-50(4)96)75(124-84)68(106)59(45-92)121-83(80(111)112)40-54(99)63(86-49(3)95)74(123-83)66(104)57(102)43-90/h36,38,52-61,63-79,90-94,98-102,104-110H,6-35,37,39-48H2,1-5H3,(H,86,95)(H,87,96)(H,88,97)(H,89,103)(H,111,112)(H,113,114)(H,115,116). The van der Waals surface area contributed by atoms with Crippen LogP contribution in [0.4, 0.5) is 0 Å². The molecule has 4 amide bonds. The number of ether oxygens (including phenoxy) is 10. The second-order valence-corrected chi connectivity index (χ2v) is 34.3. The molecule has 0 saturated carbocycles. The quantitative estimate of drug-likeness (QED) is 0.0258. The third-order valence-corrected chi connectivity index (χ3v) is 24.0. The maximum absolute atomic E-state index is 13.8. The third kappa shape index (κ3) is 33.9. The second-order valence-electron chi connectivity index (χ2n) is 34.3. The van der Waals surface area contributed by atoms with Crippen LogP contribution in [0.3, 0.4) is 0 Å². The maximum atomic E-state index is 13.8. The number of carbonyl (C=O) groups is 7. The molecule has 0 radical (unpaired) electrons. The molecule has 30 atom stereocenters. The number of aliphatic hydroxyl groups excluding tert-OH is 17. The minimum atomic E-state index is -3.58. The predicted molar refractivity (Wildman–Crippen MR) is 443 cm³/mol. The number of aliphatic hydroxyl groups is 17. The van der Waals surface area contributed by atoms with Gasteiger partial charge in [0, 0.05) is 46.5 Å². The summed E-state index contributed by atoms with van der Waals surface area (Å²) in [5, 5.41) is 235. The van der Waals surface area contributed by atoms with Crippen molar-refractivity contribution in [3.8, 4) is 0 Å². The van der Waals surface area contributed by atoms with Gasteiger partial charge in [-0.25, -0.2) is 14.4 Å². The summed E-state index contributed by atoms with van der Waals surface area (Å²) in [5.41, 5.74) is 0. The summed E-state index contributed by atoms with van der Waals surface area (Å²) in [6.45, 7) is -0.0554. The van der Waals surface area contributed by atoms with Crippen LogP contribution in [0.2, 0.25) is 0 Å². The average molecular weight is 1820 g/mol. The molecule has 126 heavy (non-hydrogen) atoms. The van der Waals surface area contributed by atoms with E-state index >= 15 is 0 Å². The minimum absolute atomic E-state index is 0.123. The summed E-state index contributed by atoms with van der Waals surface area (Å²) in [7, 11) is 0. The van der Waals surface area contributed by atoms with E-state index in [9.17, 15) is 136 Å². The molecule has 5 fully saturated rings. The van der Waals surface area contributed by atoms with E-state index in [1.54, 1.807) is 6.08 Å². The molecule has 5 saturated heterocycles. The molecule has 30 unspecified atom stereocenters. The van der Waals surface area contributed by atoms with Crippen LogP contribution in [0.1, 0.15) is 259 Å². The van der Waals surface area contributed by atoms with Crippen LogP contribution in [-0.2, 0) is 80.9 Å². The van der Waals surface area contributed by atoms with E-state index in [0.29, 0.717) is 12.8 Å². The second kappa shape index (κ2) is 57.4. The number of carboxylic acid groups (broad SMARTS) is 3. The number of aliphatic carboxylic acids is 3. The normalized spacial score (nSPS) is 32.1. The first-order valence-electron chi connectivity index (χ1n) is 45.3. The van der Waals surface area contributed by atoms with Gasteiger partial charge in [-0.3, -0.25) is 19.2 Å². The first-order valence-corrected chi connectivity index (χ1v) is 45.3. The van der Waals surface area contributed by atoms with E-state index in [-0.39, 0.29) is 6.42 Å². The molecule has 5 rings (SSSR count). The average Bonchev–Trinajstić information content (AvgIpc) is 0.755. The number of nitrogens with one attached hydrogen (secondary N) is 4. The van der Waals surface area contributed by atoms with Crippen LogP contribution in [0.15, 0.2) is 12.2 Å². The maximum Gasteiger partial charge on any atom is 0.364 e. The van der Waals surface area contributed by atoms with Crippen molar-refractivity contribution in [1.82, 2.24) is 21.3 Å². The fourth-order valence-corrected chi connectivity index (χ4v) is 16.8. The van der Waals surface area contributed by atoms with Crippen LogP contribution >= 0.6 is 0 Å². The van der Waals surface area contributed by atoms with Gasteiger partial charge in [0.1, 0.15) is 104 Å². The summed E-state index contributed by atoms with van der Waals surface area (Å²) < 4.78 is 58.3. The Labute approximate surface area is 736 Å². The van der Waals surface area contributed by atoms with Gasteiger partial charge in [-0.05, 0) is 19.3 Å². The fraction of sp³-hybridized carbons (Fsp3) is 0.894. The Balaban J connectivity index is 1.33. The minimum Gasteiger partial charge on any atom is -0.477 e. The van der Waals surface area contributed by atoms with Crippen LogP contribution in [0, 0.1) is 0 Å². The van der Waals surface area contributed by atoms with Gasteiger partial charge in [0.05, 0.1) is 88.2 Å². The molecule has 24 N–H and O–H groups in total. The monoisotopic (exact) mass is 1820 g/mol. The number of carbonyl (C=O) groups excluding carboxylic acids is 4. The van der Waals surface area contributed by atoms with Gasteiger partial charge >= 0.3 is 17.9 Å². The lowest BCUT2D eigenvalue weighted by molar-refractivity contribution is -0.388. The largest absolute Gasteiger partial charge is 0.477 e. The molecular formula is C85H150N4O37. The van der Waals surface area contributed by atoms with Crippen LogP contribution in [-0.4, -0.2) is 366 Å². The summed E-state index contributed by atoms with van der Waals surface area (Å²) in [5.74, 6) is -20.6. The van der Waals surface area contributed by atoms with Gasteiger partial charge in [0.2, 0.25) is 23.6 Å². The van der Waals surface area contributed by atoms with E-state index in [1.165, 1.54) is 128 Å². The van der Waals surface area contributed by atoms with Crippen LogP contribution < -0.4 is 21.3 Å². The van der Waals surface area contributed by atoms with Gasteiger partial charge < -0.3 is 171 Å². The highest BCUT2D eigenvalue weighted by molar-refractivity contribution is 5.79. The van der Waals surface area contributed by atoms with E-state index in [2.05, 4.69) is 35.1 Å². The summed E-state index contributed by atoms with van der Waals surface area (Å²) >= 11 is 0. The topological polar surface area (TPSA) is 665 Å². The molecular weight excluding hydrogens is 1670 g/mol. The number of rotatable bonds is 63. The Morgan fingerprint density at radius 2 is 0.794 bits per heavy atom. The van der Waals surface area contributed by atoms with Crippen molar-refractivity contribution in [2.75, 3.05) is 39.6 Å². The highest BCUT2D eigenvalue weighted by atomic mass is 16.8. The lowest BCUT2D eigenvalue weighted by Gasteiger charge is -2.51. The van der Waals surface area contributed by atoms with Gasteiger partial charge in [-0.2, -0.15) is 0 Å². The molecule has 0 aliphatic carbocycles. The molecule has 5 aliphatic rings. The van der Waals surface area contributed by atoms with Crippen molar-refractivity contribution in [2.45, 2.75) is 442 Å². The summed E-state index contributed by atoms with van der Waals surface area (Å²) in [4.78, 5) is 92.2. The van der Waals surface area contributed by atoms with Crippen molar-refractivity contribution in [3.05, 3.63) is 12.2 Å². The smallest absolute Gasteiger partial charge is 0.364 e. The molecule has 732 valence electrons. The van der Waals surface area contributed by atoms with Gasteiger partial charge in [0.25, 0.3) is 17.4 Å². The highest BCUT2D eigenvalue weighted by Gasteiger charge is 2.64. The molecule has 5 aliphatic heterocycles. The zero-order valence-corrected chi connectivity index (χ0v) is 73.6. The van der Waals surface area contributed by atoms with E-state index < -0.39 is 283 Å². The fourth-order valence-electron chi connectivity index (χ4n) is 16.8. The van der Waals surface area contributed by atoms with Crippen molar-refractivity contribution in [3.63, 3.8) is 0 Å². The molecule has 5 heterocycles. The van der Waals surface area contributed by atoms with Crippen molar-refractivity contribution >= 4 is 41.5 Å². The van der Waals surface area contributed by atoms with Crippen molar-refractivity contribution in [2.24, 2.45) is 0 Å². The Hall–Kier alpha value is -5.05. The first kappa shape index (κ1) is 111. The molecule has 0 aromatic heterocycles. The summed E-state index contributed by atoms with van der Waals surface area (Å²) in [6.07, 6.45) is -17.0. The molecule has 0 aromatic rings. The number of hydrogen-bond donors (Lipinski definition) is 24. The Morgan fingerprint density at radius 3 is 1.17 bits per heavy atom. The van der Waals surface area contributed by atoms with Crippen molar-refractivity contribution in [1.29, 1.82) is 0 Å². The summed E-state index contributed by atoms with van der Waals surface area (Å²) in [6, 6.07) is -7.03. The van der Waals surface area contributed by atoms with Gasteiger partial charge in [0.15, 0.2) is 12.6 Å². The highest BCUT2D eigenvalue weighted by Crippen LogP contribution is 2.43. The first-order chi connectivity index (χ1) is 60.0. The van der Waals surface area contributed by atoms with E-state index in [0.717, 1.165) is 85.0 Å².